The van der Waals surface area contributed by atoms with E-state index in [0.29, 0.717) is 32.1 Å². The molecule has 0 aromatic carbocycles. The molecule has 0 aromatic heterocycles. The van der Waals surface area contributed by atoms with Gasteiger partial charge in [-0.3, -0.25) is 4.79 Å². The van der Waals surface area contributed by atoms with Crippen LogP contribution in [-0.4, -0.2) is 139 Å². The number of fused-ring (bicyclic) bond motifs is 7. The van der Waals surface area contributed by atoms with E-state index in [2.05, 4.69) is 40.7 Å². The second kappa shape index (κ2) is 14.2. The maximum atomic E-state index is 14.6. The van der Waals surface area contributed by atoms with Crippen molar-refractivity contribution in [2.75, 3.05) is 19.8 Å². The van der Waals surface area contributed by atoms with Crippen LogP contribution in [0.4, 0.5) is 0 Å². The van der Waals surface area contributed by atoms with Crippen molar-refractivity contribution in [2.45, 2.75) is 167 Å². The molecule has 2 aliphatic heterocycles. The average Bonchev–Trinajstić information content (AvgIpc) is 3.13. The standard InChI is InChI=1S/C41H66O14/c1-36(2)13-14-41(35(51)55-34-32(50)30(48)29(47)23(17-42)53-34)21(15-36)20-7-8-25-37(3)11-10-27(54-33-31(49)28(46)22(44)18-52-33)38(4,19-43)24(37)9-12-39(25,5)40(20,6)16-26(41)45/h7,21-34,42-50H,8-19H2,1-6H3/t21-,22-,23+,24-,25+,26+,27-,28-,29+,30-,31+,32+,33-,34-,37-,38-,39+,40+,41+/m0/s1. The molecule has 9 N–H and O–H groups in total. The molecule has 19 atom stereocenters. The van der Waals surface area contributed by atoms with Crippen LogP contribution >= 0.6 is 0 Å². The van der Waals surface area contributed by atoms with E-state index in [1.807, 2.05) is 6.92 Å². The monoisotopic (exact) mass is 782 g/mol. The van der Waals surface area contributed by atoms with Gasteiger partial charge < -0.3 is 64.9 Å². The number of hydrogen-bond donors (Lipinski definition) is 9. The maximum absolute atomic E-state index is 14.6. The lowest BCUT2D eigenvalue weighted by Crippen LogP contribution is -2.69. The molecule has 0 unspecified atom stereocenters. The van der Waals surface area contributed by atoms with Crippen LogP contribution in [0.15, 0.2) is 11.6 Å². The lowest BCUT2D eigenvalue weighted by molar-refractivity contribution is -0.313. The van der Waals surface area contributed by atoms with Crippen molar-refractivity contribution in [3.05, 3.63) is 11.6 Å². The van der Waals surface area contributed by atoms with Crippen LogP contribution in [0.25, 0.3) is 0 Å². The molecule has 55 heavy (non-hydrogen) atoms. The van der Waals surface area contributed by atoms with Crippen molar-refractivity contribution < 1.29 is 69.7 Å². The molecule has 14 heteroatoms. The smallest absolute Gasteiger partial charge is 0.317 e. The van der Waals surface area contributed by atoms with Gasteiger partial charge in [0.2, 0.25) is 6.29 Å². The number of aliphatic hydroxyl groups is 9. The van der Waals surface area contributed by atoms with Gasteiger partial charge in [-0.2, -0.15) is 0 Å². The molecule has 6 fully saturated rings. The Morgan fingerprint density at radius 3 is 2.16 bits per heavy atom. The van der Waals surface area contributed by atoms with Gasteiger partial charge in [0.1, 0.15) is 48.1 Å². The highest BCUT2D eigenvalue weighted by Gasteiger charge is 2.72. The van der Waals surface area contributed by atoms with E-state index in [-0.39, 0.29) is 47.2 Å². The van der Waals surface area contributed by atoms with Gasteiger partial charge in [0.05, 0.1) is 32.0 Å². The van der Waals surface area contributed by atoms with Crippen LogP contribution in [0.3, 0.4) is 0 Å². The molecule has 7 rings (SSSR count). The molecule has 0 radical (unpaired) electrons. The molecule has 7 aliphatic rings. The molecular formula is C41H66O14. The first-order chi connectivity index (χ1) is 25.6. The quantitative estimate of drug-likeness (QED) is 0.104. The summed E-state index contributed by atoms with van der Waals surface area (Å²) in [4.78, 5) is 14.6. The SMILES string of the molecule is CC1(C)CC[C@]2(C(=O)O[C@@H]3O[C@H](CO)[C@@H](O)[C@H](O)[C@H]3O)[C@H](O)C[C@]3(C)C(=CC[C@@H]4[C@@]5(C)CC[C@H](O[C@@H]6OC[C@H](O)[C@H](O)[C@H]6O)[C@@](C)(CO)[C@H]5CC[C@]43C)[C@@H]2C1. The van der Waals surface area contributed by atoms with Crippen molar-refractivity contribution in [2.24, 2.45) is 50.2 Å². The van der Waals surface area contributed by atoms with E-state index in [0.717, 1.165) is 31.3 Å². The predicted molar refractivity (Wildman–Crippen MR) is 194 cm³/mol. The van der Waals surface area contributed by atoms with Crippen molar-refractivity contribution in [3.63, 3.8) is 0 Å². The minimum absolute atomic E-state index is 0.0337. The van der Waals surface area contributed by atoms with Gasteiger partial charge >= 0.3 is 5.97 Å². The minimum atomic E-state index is -1.75. The summed E-state index contributed by atoms with van der Waals surface area (Å²) in [6, 6.07) is 0. The molecule has 0 spiro atoms. The Kier molecular flexibility index (Phi) is 10.8. The zero-order chi connectivity index (χ0) is 40.3. The Balaban J connectivity index is 1.20. The average molecular weight is 783 g/mol. The van der Waals surface area contributed by atoms with E-state index in [1.165, 1.54) is 0 Å². The molecule has 0 bridgehead atoms. The van der Waals surface area contributed by atoms with E-state index in [9.17, 15) is 50.8 Å². The maximum Gasteiger partial charge on any atom is 0.317 e. The predicted octanol–water partition coefficient (Wildman–Crippen LogP) is 0.899. The van der Waals surface area contributed by atoms with Crippen LogP contribution in [0.5, 0.6) is 0 Å². The number of rotatable bonds is 6. The molecule has 14 nitrogen and oxygen atoms in total. The summed E-state index contributed by atoms with van der Waals surface area (Å²) in [6.45, 7) is 12.3. The van der Waals surface area contributed by atoms with Crippen LogP contribution in [0.2, 0.25) is 0 Å². The van der Waals surface area contributed by atoms with Crippen molar-refractivity contribution >= 4 is 5.97 Å². The molecule has 4 saturated carbocycles. The Hall–Kier alpha value is -1.27. The second-order valence-corrected chi connectivity index (χ2v) is 20.2. The van der Waals surface area contributed by atoms with Crippen molar-refractivity contribution in [1.29, 1.82) is 0 Å². The summed E-state index contributed by atoms with van der Waals surface area (Å²) in [5.74, 6) is -0.910. The normalized spacial score (nSPS) is 54.9. The number of hydrogen-bond acceptors (Lipinski definition) is 14. The topological polar surface area (TPSA) is 236 Å². The fraction of sp³-hybridized carbons (Fsp3) is 0.927. The van der Waals surface area contributed by atoms with E-state index >= 15 is 0 Å². The summed E-state index contributed by atoms with van der Waals surface area (Å²) in [5, 5.41) is 95.9. The molecule has 2 saturated heterocycles. The number of ether oxygens (including phenoxy) is 4. The summed E-state index contributed by atoms with van der Waals surface area (Å²) < 4.78 is 23.5. The van der Waals surface area contributed by atoms with E-state index < -0.39 is 96.3 Å². The largest absolute Gasteiger partial charge is 0.432 e. The number of aliphatic hydroxyl groups excluding tert-OH is 9. The van der Waals surface area contributed by atoms with Crippen LogP contribution in [0, 0.1) is 50.2 Å². The first kappa shape index (κ1) is 41.9. The fourth-order valence-corrected chi connectivity index (χ4v) is 13.4. The van der Waals surface area contributed by atoms with Crippen molar-refractivity contribution in [1.82, 2.24) is 0 Å². The van der Waals surface area contributed by atoms with Crippen molar-refractivity contribution in [3.8, 4) is 0 Å². The number of allylic oxidation sites excluding steroid dienone is 2. The lowest BCUT2D eigenvalue weighted by Gasteiger charge is -2.72. The molecule has 0 aromatic rings. The van der Waals surface area contributed by atoms with Gasteiger partial charge in [-0.1, -0.05) is 53.2 Å². The summed E-state index contributed by atoms with van der Waals surface area (Å²) >= 11 is 0. The Morgan fingerprint density at radius 2 is 1.49 bits per heavy atom. The van der Waals surface area contributed by atoms with Gasteiger partial charge in [-0.05, 0) is 97.2 Å². The zero-order valence-corrected chi connectivity index (χ0v) is 33.2. The van der Waals surface area contributed by atoms with Gasteiger partial charge in [-0.15, -0.1) is 0 Å². The number of carbonyl (C=O) groups excluding carboxylic acids is 1. The lowest BCUT2D eigenvalue weighted by atomic mass is 9.33. The highest BCUT2D eigenvalue weighted by Crippen LogP contribution is 2.76. The highest BCUT2D eigenvalue weighted by molar-refractivity contribution is 5.80. The minimum Gasteiger partial charge on any atom is -0.432 e. The zero-order valence-electron chi connectivity index (χ0n) is 33.2. The van der Waals surface area contributed by atoms with Crippen LogP contribution in [0.1, 0.15) is 99.3 Å². The molecule has 0 amide bonds. The third kappa shape index (κ3) is 6.05. The van der Waals surface area contributed by atoms with Gasteiger partial charge in [-0.25, -0.2) is 0 Å². The molecule has 5 aliphatic carbocycles. The van der Waals surface area contributed by atoms with E-state index in [1.54, 1.807) is 0 Å². The third-order valence-corrected chi connectivity index (χ3v) is 17.0. The van der Waals surface area contributed by atoms with E-state index in [4.69, 9.17) is 18.9 Å². The summed E-state index contributed by atoms with van der Waals surface area (Å²) in [5.41, 5.74) is -2.10. The molecule has 314 valence electrons. The molecular weight excluding hydrogens is 716 g/mol. The van der Waals surface area contributed by atoms with Crippen LogP contribution < -0.4 is 0 Å². The van der Waals surface area contributed by atoms with Gasteiger partial charge in [0.25, 0.3) is 0 Å². The summed E-state index contributed by atoms with van der Waals surface area (Å²) in [7, 11) is 0. The Bertz CT molecular complexity index is 1490. The second-order valence-electron chi connectivity index (χ2n) is 20.2. The van der Waals surface area contributed by atoms with Crippen LogP contribution in [-0.2, 0) is 23.7 Å². The fourth-order valence-electron chi connectivity index (χ4n) is 13.4. The molecule has 2 heterocycles. The van der Waals surface area contributed by atoms with Gasteiger partial charge in [0.15, 0.2) is 6.29 Å². The number of esters is 1. The van der Waals surface area contributed by atoms with Gasteiger partial charge in [0, 0.05) is 5.41 Å². The third-order valence-electron chi connectivity index (χ3n) is 17.0. The Morgan fingerprint density at radius 1 is 0.800 bits per heavy atom. The number of carbonyl (C=O) groups is 1. The first-order valence-electron chi connectivity index (χ1n) is 20.5. The Labute approximate surface area is 323 Å². The first-order valence-corrected chi connectivity index (χ1v) is 20.5. The highest BCUT2D eigenvalue weighted by atomic mass is 16.7. The summed E-state index contributed by atoms with van der Waals surface area (Å²) in [6.07, 6.45) is -6.79.